The quantitative estimate of drug-likeness (QED) is 0.831. The third kappa shape index (κ3) is 1.86. The molecule has 16 heavy (non-hydrogen) atoms. The predicted molar refractivity (Wildman–Crippen MR) is 62.7 cm³/mol. The van der Waals surface area contributed by atoms with Gasteiger partial charge < -0.3 is 4.74 Å². The van der Waals surface area contributed by atoms with Crippen LogP contribution in [0.2, 0.25) is 10.3 Å². The first-order valence-electron chi connectivity index (χ1n) is 4.55. The Labute approximate surface area is 103 Å². The number of halogens is 2. The molecule has 0 bridgehead atoms. The number of ether oxygens (including phenoxy) is 1. The zero-order valence-corrected chi connectivity index (χ0v) is 10.2. The number of benzene rings is 1. The van der Waals surface area contributed by atoms with E-state index in [9.17, 15) is 0 Å². The normalized spacial score (nSPS) is 10.5. The number of methoxy groups -OCH3 is 1. The van der Waals surface area contributed by atoms with Crippen molar-refractivity contribution in [1.82, 2.24) is 14.8 Å². The maximum atomic E-state index is 6.10. The van der Waals surface area contributed by atoms with E-state index < -0.39 is 0 Å². The molecule has 2 aromatic rings. The molecule has 0 unspecified atom stereocenters. The lowest BCUT2D eigenvalue weighted by molar-refractivity contribution is 0.414. The summed E-state index contributed by atoms with van der Waals surface area (Å²) < 4.78 is 6.79. The van der Waals surface area contributed by atoms with Gasteiger partial charge in [0.1, 0.15) is 11.6 Å². The van der Waals surface area contributed by atoms with Crippen LogP contribution >= 0.6 is 23.2 Å². The Kier molecular flexibility index (Phi) is 3.03. The van der Waals surface area contributed by atoms with E-state index in [1.807, 2.05) is 0 Å². The summed E-state index contributed by atoms with van der Waals surface area (Å²) in [5, 5.41) is 8.47. The van der Waals surface area contributed by atoms with Crippen LogP contribution in [-0.2, 0) is 0 Å². The summed E-state index contributed by atoms with van der Waals surface area (Å²) in [5.41, 5.74) is 0.702. The lowest BCUT2D eigenvalue weighted by atomic mass is 10.3. The molecule has 1 heterocycles. The minimum absolute atomic E-state index is 0.271. The minimum atomic E-state index is 0.271. The average molecular weight is 258 g/mol. The van der Waals surface area contributed by atoms with Gasteiger partial charge in [0, 0.05) is 6.07 Å². The highest BCUT2D eigenvalue weighted by Gasteiger charge is 2.12. The first-order valence-corrected chi connectivity index (χ1v) is 5.30. The first-order chi connectivity index (χ1) is 7.63. The van der Waals surface area contributed by atoms with E-state index in [1.54, 1.807) is 36.8 Å². The summed E-state index contributed by atoms with van der Waals surface area (Å²) in [6, 6.07) is 5.30. The van der Waals surface area contributed by atoms with E-state index in [1.165, 1.54) is 0 Å². The summed E-state index contributed by atoms with van der Waals surface area (Å²) in [6.45, 7) is 1.80. The van der Waals surface area contributed by atoms with Crippen LogP contribution < -0.4 is 4.74 Å². The van der Waals surface area contributed by atoms with Crippen LogP contribution in [0.1, 0.15) is 5.82 Å². The van der Waals surface area contributed by atoms with E-state index in [0.717, 1.165) is 0 Å². The van der Waals surface area contributed by atoms with E-state index in [4.69, 9.17) is 27.9 Å². The van der Waals surface area contributed by atoms with E-state index >= 15 is 0 Å². The van der Waals surface area contributed by atoms with Gasteiger partial charge in [-0.05, 0) is 30.7 Å². The molecular formula is C10H9Cl2N3O. The Hall–Kier alpha value is -1.26. The molecule has 0 radical (unpaired) electrons. The SMILES string of the molecule is COc1ccc(Cl)c(-n2c(C)nnc2Cl)c1. The molecule has 2 rings (SSSR count). The van der Waals surface area contributed by atoms with Gasteiger partial charge in [-0.1, -0.05) is 11.6 Å². The fraction of sp³-hybridized carbons (Fsp3) is 0.200. The van der Waals surface area contributed by atoms with Crippen LogP contribution in [0.3, 0.4) is 0 Å². The van der Waals surface area contributed by atoms with Gasteiger partial charge in [-0.25, -0.2) is 0 Å². The highest BCUT2D eigenvalue weighted by atomic mass is 35.5. The molecule has 0 fully saturated rings. The summed E-state index contributed by atoms with van der Waals surface area (Å²) in [7, 11) is 1.59. The lowest BCUT2D eigenvalue weighted by Gasteiger charge is -2.09. The van der Waals surface area contributed by atoms with E-state index in [2.05, 4.69) is 10.2 Å². The molecule has 0 N–H and O–H groups in total. The number of rotatable bonds is 2. The number of hydrogen-bond donors (Lipinski definition) is 0. The third-order valence-electron chi connectivity index (χ3n) is 2.18. The third-order valence-corrected chi connectivity index (χ3v) is 2.74. The Balaban J connectivity index is 2.63. The zero-order chi connectivity index (χ0) is 11.7. The summed E-state index contributed by atoms with van der Waals surface area (Å²) in [5.74, 6) is 1.36. The molecule has 0 saturated heterocycles. The van der Waals surface area contributed by atoms with Crippen molar-refractivity contribution < 1.29 is 4.74 Å². The second-order valence-corrected chi connectivity index (χ2v) is 3.91. The Morgan fingerprint density at radius 1 is 1.25 bits per heavy atom. The van der Waals surface area contributed by atoms with Crippen LogP contribution in [0.5, 0.6) is 5.75 Å². The largest absolute Gasteiger partial charge is 0.497 e. The molecule has 1 aromatic heterocycles. The number of hydrogen-bond acceptors (Lipinski definition) is 3. The van der Waals surface area contributed by atoms with Gasteiger partial charge in [-0.2, -0.15) is 0 Å². The second-order valence-electron chi connectivity index (χ2n) is 3.17. The molecule has 84 valence electrons. The molecule has 0 aliphatic heterocycles. The Morgan fingerprint density at radius 2 is 2.00 bits per heavy atom. The van der Waals surface area contributed by atoms with Crippen LogP contribution in [0.15, 0.2) is 18.2 Å². The summed E-state index contributed by atoms with van der Waals surface area (Å²) in [4.78, 5) is 0. The molecule has 0 aliphatic rings. The van der Waals surface area contributed by atoms with Gasteiger partial charge >= 0.3 is 0 Å². The van der Waals surface area contributed by atoms with Crippen LogP contribution in [0, 0.1) is 6.92 Å². The molecule has 0 amide bonds. The number of aryl methyl sites for hydroxylation is 1. The van der Waals surface area contributed by atoms with Crippen molar-refractivity contribution >= 4 is 23.2 Å². The first kappa shape index (κ1) is 11.2. The molecule has 0 aliphatic carbocycles. The zero-order valence-electron chi connectivity index (χ0n) is 8.74. The standard InChI is InChI=1S/C10H9Cl2N3O/c1-6-13-14-10(12)15(6)9-5-7(16-2)3-4-8(9)11/h3-5H,1-2H3. The van der Waals surface area contributed by atoms with Crippen LogP contribution in [0.4, 0.5) is 0 Å². The van der Waals surface area contributed by atoms with Gasteiger partial charge in [0.25, 0.3) is 0 Å². The second kappa shape index (κ2) is 4.31. The van der Waals surface area contributed by atoms with Crippen molar-refractivity contribution in [2.45, 2.75) is 6.92 Å². The van der Waals surface area contributed by atoms with Gasteiger partial charge in [-0.15, -0.1) is 10.2 Å². The topological polar surface area (TPSA) is 39.9 Å². The predicted octanol–water partition coefficient (Wildman–Crippen LogP) is 2.89. The maximum Gasteiger partial charge on any atom is 0.229 e. The van der Waals surface area contributed by atoms with Crippen molar-refractivity contribution in [3.8, 4) is 11.4 Å². The van der Waals surface area contributed by atoms with Crippen LogP contribution in [0.25, 0.3) is 5.69 Å². The molecule has 0 saturated carbocycles. The van der Waals surface area contributed by atoms with Crippen molar-refractivity contribution in [1.29, 1.82) is 0 Å². The highest BCUT2D eigenvalue weighted by Crippen LogP contribution is 2.28. The lowest BCUT2D eigenvalue weighted by Crippen LogP contribution is -1.99. The Morgan fingerprint density at radius 3 is 2.56 bits per heavy atom. The maximum absolute atomic E-state index is 6.10. The number of nitrogens with zero attached hydrogens (tertiary/aromatic N) is 3. The van der Waals surface area contributed by atoms with Crippen molar-refractivity contribution in [3.63, 3.8) is 0 Å². The van der Waals surface area contributed by atoms with Gasteiger partial charge in [0.15, 0.2) is 0 Å². The smallest absolute Gasteiger partial charge is 0.229 e. The van der Waals surface area contributed by atoms with Gasteiger partial charge in [-0.3, -0.25) is 4.57 Å². The molecule has 0 atom stereocenters. The van der Waals surface area contributed by atoms with Crippen molar-refractivity contribution in [3.05, 3.63) is 34.3 Å². The highest BCUT2D eigenvalue weighted by molar-refractivity contribution is 6.33. The molecule has 4 nitrogen and oxygen atoms in total. The molecule has 1 aromatic carbocycles. The van der Waals surface area contributed by atoms with E-state index in [0.29, 0.717) is 22.3 Å². The van der Waals surface area contributed by atoms with Crippen molar-refractivity contribution in [2.75, 3.05) is 7.11 Å². The monoisotopic (exact) mass is 257 g/mol. The van der Waals surface area contributed by atoms with Crippen molar-refractivity contribution in [2.24, 2.45) is 0 Å². The van der Waals surface area contributed by atoms with E-state index in [-0.39, 0.29) is 5.28 Å². The fourth-order valence-electron chi connectivity index (χ4n) is 1.40. The molecular weight excluding hydrogens is 249 g/mol. The molecule has 6 heteroatoms. The van der Waals surface area contributed by atoms with Gasteiger partial charge in [0.05, 0.1) is 17.8 Å². The summed E-state index contributed by atoms with van der Waals surface area (Å²) in [6.07, 6.45) is 0. The number of aromatic nitrogens is 3. The minimum Gasteiger partial charge on any atom is -0.497 e. The Bertz CT molecular complexity index is 505. The molecule has 0 spiro atoms. The fourth-order valence-corrected chi connectivity index (χ4v) is 1.85. The average Bonchev–Trinajstić information content (AvgIpc) is 2.60. The van der Waals surface area contributed by atoms with Crippen LogP contribution in [-0.4, -0.2) is 21.9 Å². The summed E-state index contributed by atoms with van der Waals surface area (Å²) >= 11 is 12.0. The van der Waals surface area contributed by atoms with Gasteiger partial charge in [0.2, 0.25) is 5.28 Å².